The van der Waals surface area contributed by atoms with E-state index in [9.17, 15) is 14.9 Å². The number of benzene rings is 1. The molecular weight excluding hydrogens is 296 g/mol. The van der Waals surface area contributed by atoms with Gasteiger partial charge in [0.2, 0.25) is 0 Å². The number of anilines is 1. The molecule has 0 atom stereocenters. The van der Waals surface area contributed by atoms with Crippen molar-refractivity contribution < 1.29 is 14.5 Å². The third-order valence-electron chi connectivity index (χ3n) is 3.68. The van der Waals surface area contributed by atoms with Crippen LogP contribution in [0.25, 0.3) is 0 Å². The Morgan fingerprint density at radius 1 is 1.48 bits per heavy atom. The first-order chi connectivity index (χ1) is 9.75. The second-order valence-electron chi connectivity index (χ2n) is 5.91. The van der Waals surface area contributed by atoms with Gasteiger partial charge in [0.15, 0.2) is 0 Å². The van der Waals surface area contributed by atoms with Crippen LogP contribution >= 0.6 is 11.6 Å². The average molecular weight is 313 g/mol. The molecule has 1 aromatic rings. The molecule has 1 aliphatic heterocycles. The number of rotatable bonds is 3. The molecule has 0 aliphatic carbocycles. The number of nitro benzene ring substituents is 1. The highest BCUT2D eigenvalue weighted by Gasteiger charge is 2.33. The van der Waals surface area contributed by atoms with E-state index in [0.29, 0.717) is 12.2 Å². The van der Waals surface area contributed by atoms with Crippen LogP contribution in [0.1, 0.15) is 30.6 Å². The van der Waals surface area contributed by atoms with E-state index in [1.807, 2.05) is 4.90 Å². The van der Waals surface area contributed by atoms with Crippen LogP contribution in [0.4, 0.5) is 11.4 Å². The van der Waals surface area contributed by atoms with Gasteiger partial charge in [0.05, 0.1) is 22.6 Å². The molecule has 1 saturated heterocycles. The summed E-state index contributed by atoms with van der Waals surface area (Å²) >= 11 is 6.08. The van der Waals surface area contributed by atoms with Gasteiger partial charge in [-0.05, 0) is 17.9 Å². The summed E-state index contributed by atoms with van der Waals surface area (Å²) in [4.78, 5) is 24.3. The molecule has 7 heteroatoms. The van der Waals surface area contributed by atoms with Crippen molar-refractivity contribution in [3.8, 4) is 0 Å². The number of ether oxygens (including phenoxy) is 1. The lowest BCUT2D eigenvalue weighted by molar-refractivity contribution is -0.384. The Morgan fingerprint density at radius 3 is 2.62 bits per heavy atom. The SMILES string of the molecule is COC(=O)c1cc([N+](=O)[O-])c(N2CCC(C)(C)C2)cc1Cl. The summed E-state index contributed by atoms with van der Waals surface area (Å²) in [7, 11) is 1.21. The van der Waals surface area contributed by atoms with E-state index in [2.05, 4.69) is 18.6 Å². The van der Waals surface area contributed by atoms with Gasteiger partial charge < -0.3 is 9.64 Å². The van der Waals surface area contributed by atoms with Gasteiger partial charge in [-0.2, -0.15) is 0 Å². The summed E-state index contributed by atoms with van der Waals surface area (Å²) in [5, 5.41) is 11.5. The lowest BCUT2D eigenvalue weighted by Gasteiger charge is -2.22. The number of halogens is 1. The van der Waals surface area contributed by atoms with Crippen LogP contribution < -0.4 is 4.90 Å². The third-order valence-corrected chi connectivity index (χ3v) is 4.00. The maximum absolute atomic E-state index is 11.6. The number of nitrogens with zero attached hydrogens (tertiary/aromatic N) is 2. The predicted molar refractivity (Wildman–Crippen MR) is 80.1 cm³/mol. The second-order valence-corrected chi connectivity index (χ2v) is 6.31. The third kappa shape index (κ3) is 3.10. The van der Waals surface area contributed by atoms with Crippen LogP contribution in [0.3, 0.4) is 0 Å². The number of carbonyl (C=O) groups excluding carboxylic acids is 1. The first kappa shape index (κ1) is 15.6. The van der Waals surface area contributed by atoms with Crippen LogP contribution in [0, 0.1) is 15.5 Å². The zero-order valence-corrected chi connectivity index (χ0v) is 12.9. The minimum absolute atomic E-state index is 0.00748. The molecule has 21 heavy (non-hydrogen) atoms. The smallest absolute Gasteiger partial charge is 0.339 e. The van der Waals surface area contributed by atoms with E-state index in [1.165, 1.54) is 19.2 Å². The minimum atomic E-state index is -0.684. The fraction of sp³-hybridized carbons (Fsp3) is 0.500. The molecule has 6 nitrogen and oxygen atoms in total. The molecule has 0 radical (unpaired) electrons. The molecule has 0 N–H and O–H groups in total. The van der Waals surface area contributed by atoms with Gasteiger partial charge in [0.1, 0.15) is 5.69 Å². The Balaban J connectivity index is 2.49. The van der Waals surface area contributed by atoms with E-state index in [-0.39, 0.29) is 21.7 Å². The highest BCUT2D eigenvalue weighted by molar-refractivity contribution is 6.34. The van der Waals surface area contributed by atoms with Crippen molar-refractivity contribution in [2.24, 2.45) is 5.41 Å². The number of methoxy groups -OCH3 is 1. The summed E-state index contributed by atoms with van der Waals surface area (Å²) < 4.78 is 4.59. The van der Waals surface area contributed by atoms with E-state index in [1.54, 1.807) is 0 Å². The van der Waals surface area contributed by atoms with Crippen LogP contribution in [-0.2, 0) is 4.74 Å². The fourth-order valence-corrected chi connectivity index (χ4v) is 2.77. The molecule has 1 aliphatic rings. The quantitative estimate of drug-likeness (QED) is 0.486. The first-order valence-corrected chi connectivity index (χ1v) is 6.94. The summed E-state index contributed by atoms with van der Waals surface area (Å²) in [6.45, 7) is 5.66. The Bertz CT molecular complexity index is 601. The van der Waals surface area contributed by atoms with Gasteiger partial charge in [-0.25, -0.2) is 4.79 Å². The standard InChI is InChI=1S/C14H17ClN2O4/c1-14(2)4-5-16(8-14)11-7-10(15)9(13(18)21-3)6-12(11)17(19)20/h6-7H,4-5,8H2,1-3H3. The number of hydrogen-bond acceptors (Lipinski definition) is 5. The summed E-state index contributed by atoms with van der Waals surface area (Å²) in [5.74, 6) is -0.684. The number of nitro groups is 1. The Morgan fingerprint density at radius 2 is 2.14 bits per heavy atom. The van der Waals surface area contributed by atoms with E-state index >= 15 is 0 Å². The van der Waals surface area contributed by atoms with Crippen LogP contribution in [0.15, 0.2) is 12.1 Å². The van der Waals surface area contributed by atoms with E-state index < -0.39 is 10.9 Å². The van der Waals surface area contributed by atoms with Crippen LogP contribution in [-0.4, -0.2) is 31.1 Å². The molecule has 1 fully saturated rings. The first-order valence-electron chi connectivity index (χ1n) is 6.56. The van der Waals surface area contributed by atoms with E-state index in [4.69, 9.17) is 11.6 Å². The Hall–Kier alpha value is -1.82. The fourth-order valence-electron chi connectivity index (χ4n) is 2.54. The van der Waals surface area contributed by atoms with E-state index in [0.717, 1.165) is 13.0 Å². The molecule has 0 aromatic heterocycles. The number of carbonyl (C=O) groups is 1. The molecule has 114 valence electrons. The second kappa shape index (κ2) is 5.52. The normalized spacial score (nSPS) is 16.9. The highest BCUT2D eigenvalue weighted by Crippen LogP contribution is 2.39. The van der Waals surface area contributed by atoms with Gasteiger partial charge in [-0.15, -0.1) is 0 Å². The zero-order valence-electron chi connectivity index (χ0n) is 12.2. The molecule has 1 aromatic carbocycles. The minimum Gasteiger partial charge on any atom is -0.465 e. The van der Waals surface area contributed by atoms with Crippen molar-refractivity contribution in [2.45, 2.75) is 20.3 Å². The van der Waals surface area contributed by atoms with Crippen molar-refractivity contribution in [2.75, 3.05) is 25.1 Å². The molecule has 0 amide bonds. The molecule has 1 heterocycles. The largest absolute Gasteiger partial charge is 0.465 e. The summed E-state index contributed by atoms with van der Waals surface area (Å²) in [6.07, 6.45) is 0.945. The molecular formula is C14H17ClN2O4. The molecule has 2 rings (SSSR count). The molecule has 0 spiro atoms. The Labute approximate surface area is 127 Å². The number of esters is 1. The molecule has 0 unspecified atom stereocenters. The van der Waals surface area contributed by atoms with Gasteiger partial charge in [0, 0.05) is 19.2 Å². The predicted octanol–water partition coefficient (Wildman–Crippen LogP) is 3.27. The lowest BCUT2D eigenvalue weighted by Crippen LogP contribution is -2.23. The number of hydrogen-bond donors (Lipinski definition) is 0. The zero-order chi connectivity index (χ0) is 15.8. The van der Waals surface area contributed by atoms with Gasteiger partial charge in [-0.1, -0.05) is 25.4 Å². The van der Waals surface area contributed by atoms with Gasteiger partial charge in [0.25, 0.3) is 5.69 Å². The maximum Gasteiger partial charge on any atom is 0.339 e. The van der Waals surface area contributed by atoms with Crippen LogP contribution in [0.5, 0.6) is 0 Å². The van der Waals surface area contributed by atoms with Crippen molar-refractivity contribution >= 4 is 28.9 Å². The van der Waals surface area contributed by atoms with Crippen molar-refractivity contribution in [1.82, 2.24) is 0 Å². The Kier molecular flexibility index (Phi) is 4.09. The van der Waals surface area contributed by atoms with Gasteiger partial charge >= 0.3 is 5.97 Å². The average Bonchev–Trinajstić information content (AvgIpc) is 2.77. The van der Waals surface area contributed by atoms with Crippen molar-refractivity contribution in [3.05, 3.63) is 32.8 Å². The highest BCUT2D eigenvalue weighted by atomic mass is 35.5. The summed E-state index contributed by atoms with van der Waals surface area (Å²) in [6, 6.07) is 2.67. The molecule has 0 saturated carbocycles. The van der Waals surface area contributed by atoms with Crippen molar-refractivity contribution in [3.63, 3.8) is 0 Å². The summed E-state index contributed by atoms with van der Waals surface area (Å²) in [5.41, 5.74) is 0.426. The van der Waals surface area contributed by atoms with Gasteiger partial charge in [-0.3, -0.25) is 10.1 Å². The monoisotopic (exact) mass is 312 g/mol. The molecule has 0 bridgehead atoms. The lowest BCUT2D eigenvalue weighted by atomic mass is 9.93. The maximum atomic E-state index is 11.6. The van der Waals surface area contributed by atoms with Crippen molar-refractivity contribution in [1.29, 1.82) is 0 Å². The van der Waals surface area contributed by atoms with Crippen LogP contribution in [0.2, 0.25) is 5.02 Å². The topological polar surface area (TPSA) is 72.7 Å².